The molecule has 1 aromatic rings. The van der Waals surface area contributed by atoms with Crippen LogP contribution >= 0.6 is 0 Å². The fourth-order valence-electron chi connectivity index (χ4n) is 3.00. The molecule has 2 atom stereocenters. The van der Waals surface area contributed by atoms with E-state index in [9.17, 15) is 9.59 Å². The summed E-state index contributed by atoms with van der Waals surface area (Å²) in [6.07, 6.45) is 1.17. The molecule has 1 heterocycles. The summed E-state index contributed by atoms with van der Waals surface area (Å²) in [7, 11) is 1.47. The van der Waals surface area contributed by atoms with Crippen LogP contribution in [-0.4, -0.2) is 43.6 Å². The molecule has 126 valence electrons. The quantitative estimate of drug-likeness (QED) is 0.896. The average molecular weight is 319 g/mol. The fourth-order valence-corrected chi connectivity index (χ4v) is 3.00. The molecule has 1 aliphatic rings. The molecule has 3 amide bonds. The summed E-state index contributed by atoms with van der Waals surface area (Å²) in [5.41, 5.74) is 1.39. The maximum atomic E-state index is 12.3. The number of hydrogen-bond acceptors (Lipinski definition) is 3. The number of methoxy groups -OCH3 is 1. The fraction of sp³-hybridized carbons (Fsp3) is 0.529. The number of amides is 3. The van der Waals surface area contributed by atoms with E-state index in [1.54, 1.807) is 24.3 Å². The Morgan fingerprint density at radius 3 is 2.13 bits per heavy atom. The van der Waals surface area contributed by atoms with E-state index in [1.165, 1.54) is 13.5 Å². The number of rotatable bonds is 4. The second-order valence-corrected chi connectivity index (χ2v) is 6.34. The number of piperidine rings is 1. The Kier molecular flexibility index (Phi) is 5.98. The molecule has 2 rings (SSSR count). The van der Waals surface area contributed by atoms with Crippen LogP contribution in [0.3, 0.4) is 0 Å². The normalized spacial score (nSPS) is 20.9. The van der Waals surface area contributed by atoms with E-state index >= 15 is 0 Å². The largest absolute Gasteiger partial charge is 0.375 e. The summed E-state index contributed by atoms with van der Waals surface area (Å²) in [6, 6.07) is 6.99. The highest BCUT2D eigenvalue weighted by Gasteiger charge is 2.25. The van der Waals surface area contributed by atoms with Crippen LogP contribution in [0.2, 0.25) is 0 Å². The predicted octanol–water partition coefficient (Wildman–Crippen LogP) is 2.78. The predicted molar refractivity (Wildman–Crippen MR) is 90.5 cm³/mol. The molecule has 1 aromatic carbocycles. The zero-order valence-corrected chi connectivity index (χ0v) is 14.0. The van der Waals surface area contributed by atoms with Crippen molar-refractivity contribution in [1.29, 1.82) is 0 Å². The lowest BCUT2D eigenvalue weighted by Gasteiger charge is -2.34. The lowest BCUT2D eigenvalue weighted by Crippen LogP contribution is -2.44. The first-order chi connectivity index (χ1) is 11.0. The first-order valence-electron chi connectivity index (χ1n) is 7.92. The lowest BCUT2D eigenvalue weighted by atomic mass is 9.92. The zero-order chi connectivity index (χ0) is 16.8. The van der Waals surface area contributed by atoms with Crippen LogP contribution in [0.25, 0.3) is 0 Å². The van der Waals surface area contributed by atoms with Crippen LogP contribution in [-0.2, 0) is 9.53 Å². The number of nitrogens with one attached hydrogen (secondary N) is 2. The van der Waals surface area contributed by atoms with Crippen molar-refractivity contribution in [2.45, 2.75) is 20.3 Å². The minimum atomic E-state index is -0.208. The van der Waals surface area contributed by atoms with Gasteiger partial charge in [0.2, 0.25) is 5.91 Å². The van der Waals surface area contributed by atoms with Crippen molar-refractivity contribution in [2.75, 3.05) is 37.4 Å². The van der Waals surface area contributed by atoms with Crippen LogP contribution < -0.4 is 10.6 Å². The smallest absolute Gasteiger partial charge is 0.321 e. The van der Waals surface area contributed by atoms with Crippen LogP contribution in [0.5, 0.6) is 0 Å². The van der Waals surface area contributed by atoms with Gasteiger partial charge in [-0.3, -0.25) is 4.79 Å². The van der Waals surface area contributed by atoms with Crippen molar-refractivity contribution >= 4 is 23.3 Å². The Bertz CT molecular complexity index is 535. The van der Waals surface area contributed by atoms with Gasteiger partial charge in [0, 0.05) is 31.6 Å². The molecule has 0 saturated carbocycles. The number of urea groups is 1. The highest BCUT2D eigenvalue weighted by molar-refractivity contribution is 5.93. The molecule has 0 bridgehead atoms. The Labute approximate surface area is 137 Å². The summed E-state index contributed by atoms with van der Waals surface area (Å²) in [5, 5.41) is 5.62. The summed E-state index contributed by atoms with van der Waals surface area (Å²) in [4.78, 5) is 25.6. The van der Waals surface area contributed by atoms with E-state index < -0.39 is 0 Å². The number of carbonyl (C=O) groups is 2. The maximum absolute atomic E-state index is 12.3. The van der Waals surface area contributed by atoms with Crippen molar-refractivity contribution < 1.29 is 14.3 Å². The lowest BCUT2D eigenvalue weighted by molar-refractivity contribution is -0.119. The van der Waals surface area contributed by atoms with Crippen molar-refractivity contribution in [3.8, 4) is 0 Å². The Hall–Kier alpha value is -2.08. The SMILES string of the molecule is COCC(=O)Nc1ccc(NC(=O)N2C[C@H](C)C[C@@H](C)C2)cc1. The topological polar surface area (TPSA) is 70.7 Å². The van der Waals surface area contributed by atoms with Crippen LogP contribution in [0.15, 0.2) is 24.3 Å². The third-order valence-corrected chi connectivity index (χ3v) is 3.85. The average Bonchev–Trinajstić information content (AvgIpc) is 2.48. The molecule has 6 nitrogen and oxygen atoms in total. The van der Waals surface area contributed by atoms with Gasteiger partial charge < -0.3 is 20.3 Å². The molecule has 1 saturated heterocycles. The Morgan fingerprint density at radius 1 is 1.09 bits per heavy atom. The Balaban J connectivity index is 1.90. The van der Waals surface area contributed by atoms with Gasteiger partial charge in [-0.2, -0.15) is 0 Å². The Morgan fingerprint density at radius 2 is 1.61 bits per heavy atom. The standard InChI is InChI=1S/C17H25N3O3/c1-12-8-13(2)10-20(9-12)17(22)19-15-6-4-14(5-7-15)18-16(21)11-23-3/h4-7,12-13H,8-11H2,1-3H3,(H,18,21)(H,19,22)/t12-,13-/m1/s1. The summed E-state index contributed by atoms with van der Waals surface area (Å²) < 4.78 is 4.76. The van der Waals surface area contributed by atoms with Gasteiger partial charge in [0.05, 0.1) is 0 Å². The number of nitrogens with zero attached hydrogens (tertiary/aromatic N) is 1. The number of benzene rings is 1. The van der Waals surface area contributed by atoms with E-state index in [0.717, 1.165) is 13.1 Å². The number of carbonyl (C=O) groups excluding carboxylic acids is 2. The van der Waals surface area contributed by atoms with Crippen LogP contribution in [0.1, 0.15) is 20.3 Å². The van der Waals surface area contributed by atoms with E-state index in [1.807, 2.05) is 4.90 Å². The summed E-state index contributed by atoms with van der Waals surface area (Å²) >= 11 is 0. The second kappa shape index (κ2) is 7.97. The van der Waals surface area contributed by atoms with Gasteiger partial charge in [-0.15, -0.1) is 0 Å². The minimum Gasteiger partial charge on any atom is -0.375 e. The molecular formula is C17H25N3O3. The maximum Gasteiger partial charge on any atom is 0.321 e. The molecule has 6 heteroatoms. The van der Waals surface area contributed by atoms with E-state index in [2.05, 4.69) is 24.5 Å². The second-order valence-electron chi connectivity index (χ2n) is 6.34. The summed E-state index contributed by atoms with van der Waals surface area (Å²) in [6.45, 7) is 5.95. The molecule has 2 N–H and O–H groups in total. The molecule has 0 aliphatic carbocycles. The highest BCUT2D eigenvalue weighted by Crippen LogP contribution is 2.22. The van der Waals surface area contributed by atoms with Crippen LogP contribution in [0.4, 0.5) is 16.2 Å². The minimum absolute atomic E-state index is 0.0177. The van der Waals surface area contributed by atoms with Gasteiger partial charge >= 0.3 is 6.03 Å². The number of anilines is 2. The first-order valence-corrected chi connectivity index (χ1v) is 7.92. The van der Waals surface area contributed by atoms with E-state index in [0.29, 0.717) is 23.2 Å². The van der Waals surface area contributed by atoms with Gasteiger partial charge in [0.25, 0.3) is 0 Å². The van der Waals surface area contributed by atoms with Gasteiger partial charge in [-0.05, 0) is 42.5 Å². The van der Waals surface area contributed by atoms with Crippen molar-refractivity contribution in [3.05, 3.63) is 24.3 Å². The van der Waals surface area contributed by atoms with Crippen molar-refractivity contribution in [1.82, 2.24) is 4.90 Å². The first kappa shape index (κ1) is 17.3. The highest BCUT2D eigenvalue weighted by atomic mass is 16.5. The summed E-state index contributed by atoms with van der Waals surface area (Å²) in [5.74, 6) is 0.853. The molecule has 0 radical (unpaired) electrons. The molecule has 0 aromatic heterocycles. The molecular weight excluding hydrogens is 294 g/mol. The van der Waals surface area contributed by atoms with Crippen LogP contribution in [0, 0.1) is 11.8 Å². The van der Waals surface area contributed by atoms with Gasteiger partial charge in [-0.25, -0.2) is 4.79 Å². The van der Waals surface area contributed by atoms with Gasteiger partial charge in [0.1, 0.15) is 6.61 Å². The van der Waals surface area contributed by atoms with Gasteiger partial charge in [0.15, 0.2) is 0 Å². The van der Waals surface area contributed by atoms with E-state index in [4.69, 9.17) is 4.74 Å². The van der Waals surface area contributed by atoms with Crippen molar-refractivity contribution in [3.63, 3.8) is 0 Å². The monoisotopic (exact) mass is 319 g/mol. The molecule has 0 unspecified atom stereocenters. The van der Waals surface area contributed by atoms with E-state index in [-0.39, 0.29) is 18.5 Å². The molecule has 1 fully saturated rings. The van der Waals surface area contributed by atoms with Crippen molar-refractivity contribution in [2.24, 2.45) is 11.8 Å². The third-order valence-electron chi connectivity index (χ3n) is 3.85. The third kappa shape index (κ3) is 5.25. The molecule has 23 heavy (non-hydrogen) atoms. The number of likely N-dealkylation sites (tertiary alicyclic amines) is 1. The zero-order valence-electron chi connectivity index (χ0n) is 14.0. The molecule has 0 spiro atoms. The van der Waals surface area contributed by atoms with Gasteiger partial charge in [-0.1, -0.05) is 13.8 Å². The number of hydrogen-bond donors (Lipinski definition) is 2. The number of ether oxygens (including phenoxy) is 1. The molecule has 1 aliphatic heterocycles.